The lowest BCUT2D eigenvalue weighted by molar-refractivity contribution is 0.867. The van der Waals surface area contributed by atoms with Gasteiger partial charge in [0, 0.05) is 3.57 Å². The highest BCUT2D eigenvalue weighted by Gasteiger charge is 2.09. The number of hydrogen-bond donors (Lipinski definition) is 1. The maximum Gasteiger partial charge on any atom is 0.0552 e. The maximum absolute atomic E-state index is 6.32. The Morgan fingerprint density at radius 2 is 1.59 bits per heavy atom. The van der Waals surface area contributed by atoms with Crippen molar-refractivity contribution in [3.05, 3.63) is 68.3 Å². The first-order valence-corrected chi connectivity index (χ1v) is 6.73. The minimum Gasteiger partial charge on any atom is -0.320 e. The first-order chi connectivity index (χ1) is 8.06. The highest BCUT2D eigenvalue weighted by Crippen LogP contribution is 2.23. The van der Waals surface area contributed by atoms with Crippen molar-refractivity contribution >= 4 is 22.6 Å². The monoisotopic (exact) mass is 337 g/mol. The summed E-state index contributed by atoms with van der Waals surface area (Å²) in [5, 5.41) is 0. The molecule has 2 aromatic rings. The Morgan fingerprint density at radius 1 is 0.941 bits per heavy atom. The van der Waals surface area contributed by atoms with Crippen LogP contribution in [0.1, 0.15) is 28.3 Å². The second-order valence-electron chi connectivity index (χ2n) is 4.45. The first-order valence-electron chi connectivity index (χ1n) is 5.65. The molecule has 1 atom stereocenters. The van der Waals surface area contributed by atoms with Crippen LogP contribution in [0.25, 0.3) is 0 Å². The van der Waals surface area contributed by atoms with Crippen LogP contribution < -0.4 is 5.73 Å². The predicted octanol–water partition coefficient (Wildman–Crippen LogP) is 3.96. The minimum absolute atomic E-state index is 0.0386. The predicted molar refractivity (Wildman–Crippen MR) is 81.1 cm³/mol. The van der Waals surface area contributed by atoms with Gasteiger partial charge in [-0.15, -0.1) is 0 Å². The molecule has 0 bridgehead atoms. The van der Waals surface area contributed by atoms with Gasteiger partial charge in [-0.05, 0) is 59.7 Å². The zero-order valence-corrected chi connectivity index (χ0v) is 12.2. The molecule has 17 heavy (non-hydrogen) atoms. The number of rotatable bonds is 2. The van der Waals surface area contributed by atoms with Crippen molar-refractivity contribution in [3.8, 4) is 0 Å². The average Bonchev–Trinajstić information content (AvgIpc) is 2.26. The summed E-state index contributed by atoms with van der Waals surface area (Å²) < 4.78 is 1.22. The molecule has 0 aliphatic rings. The molecular formula is C15H16IN. The fourth-order valence-corrected chi connectivity index (χ4v) is 2.65. The fourth-order valence-electron chi connectivity index (χ4n) is 2.08. The summed E-state index contributed by atoms with van der Waals surface area (Å²) in [4.78, 5) is 0. The van der Waals surface area contributed by atoms with Crippen LogP contribution >= 0.6 is 22.6 Å². The van der Waals surface area contributed by atoms with Crippen LogP contribution in [0.2, 0.25) is 0 Å². The molecular weight excluding hydrogens is 321 g/mol. The van der Waals surface area contributed by atoms with Gasteiger partial charge >= 0.3 is 0 Å². The second kappa shape index (κ2) is 5.19. The van der Waals surface area contributed by atoms with E-state index in [9.17, 15) is 0 Å². The smallest absolute Gasteiger partial charge is 0.0552 e. The normalized spacial score (nSPS) is 12.5. The molecule has 0 radical (unpaired) electrons. The third-order valence-electron chi connectivity index (χ3n) is 2.81. The Morgan fingerprint density at radius 3 is 2.18 bits per heavy atom. The van der Waals surface area contributed by atoms with E-state index in [0.29, 0.717) is 0 Å². The van der Waals surface area contributed by atoms with Crippen molar-refractivity contribution in [2.24, 2.45) is 5.73 Å². The highest BCUT2D eigenvalue weighted by atomic mass is 127. The zero-order valence-electron chi connectivity index (χ0n) is 10.1. The summed E-state index contributed by atoms with van der Waals surface area (Å²) in [6, 6.07) is 14.8. The average molecular weight is 337 g/mol. The van der Waals surface area contributed by atoms with E-state index >= 15 is 0 Å². The Kier molecular flexibility index (Phi) is 3.84. The van der Waals surface area contributed by atoms with Crippen LogP contribution in [0, 0.1) is 17.4 Å². The number of benzene rings is 2. The van der Waals surface area contributed by atoms with E-state index in [0.717, 1.165) is 0 Å². The minimum atomic E-state index is -0.0386. The molecule has 0 spiro atoms. The molecule has 0 aromatic heterocycles. The van der Waals surface area contributed by atoms with E-state index in [4.69, 9.17) is 5.73 Å². The molecule has 1 nitrogen and oxygen atoms in total. The number of halogens is 1. The van der Waals surface area contributed by atoms with Gasteiger partial charge in [0.25, 0.3) is 0 Å². The summed E-state index contributed by atoms with van der Waals surface area (Å²) >= 11 is 2.32. The van der Waals surface area contributed by atoms with Gasteiger partial charge in [0.05, 0.1) is 6.04 Å². The third-order valence-corrected chi connectivity index (χ3v) is 3.48. The topological polar surface area (TPSA) is 26.0 Å². The standard InChI is InChI=1S/C15H16IN/c1-10-6-11(2)8-13(7-10)15(17)12-4-3-5-14(16)9-12/h3-9,15H,17H2,1-2H3. The van der Waals surface area contributed by atoms with Crippen LogP contribution in [-0.4, -0.2) is 0 Å². The van der Waals surface area contributed by atoms with Gasteiger partial charge in [0.2, 0.25) is 0 Å². The lowest BCUT2D eigenvalue weighted by Crippen LogP contribution is -2.12. The van der Waals surface area contributed by atoms with E-state index in [1.807, 2.05) is 0 Å². The quantitative estimate of drug-likeness (QED) is 0.825. The SMILES string of the molecule is Cc1cc(C)cc(C(N)c2cccc(I)c2)c1. The van der Waals surface area contributed by atoms with E-state index in [2.05, 4.69) is 78.9 Å². The van der Waals surface area contributed by atoms with E-state index in [-0.39, 0.29) is 6.04 Å². The van der Waals surface area contributed by atoms with Crippen LogP contribution in [0.4, 0.5) is 0 Å². The largest absolute Gasteiger partial charge is 0.320 e. The number of nitrogens with two attached hydrogens (primary N) is 1. The molecule has 1 unspecified atom stereocenters. The van der Waals surface area contributed by atoms with Crippen LogP contribution in [0.15, 0.2) is 42.5 Å². The Labute approximate surface area is 116 Å². The lowest BCUT2D eigenvalue weighted by Gasteiger charge is -2.14. The summed E-state index contributed by atoms with van der Waals surface area (Å²) in [6.45, 7) is 4.22. The molecule has 2 aromatic carbocycles. The molecule has 0 aliphatic carbocycles. The molecule has 0 saturated carbocycles. The molecule has 2 heteroatoms. The van der Waals surface area contributed by atoms with E-state index in [1.54, 1.807) is 0 Å². The molecule has 0 heterocycles. The molecule has 0 amide bonds. The third kappa shape index (κ3) is 3.07. The van der Waals surface area contributed by atoms with Gasteiger partial charge in [-0.1, -0.05) is 41.5 Å². The maximum atomic E-state index is 6.32. The van der Waals surface area contributed by atoms with Gasteiger partial charge in [-0.3, -0.25) is 0 Å². The molecule has 2 rings (SSSR count). The van der Waals surface area contributed by atoms with Gasteiger partial charge in [-0.25, -0.2) is 0 Å². The highest BCUT2D eigenvalue weighted by molar-refractivity contribution is 14.1. The van der Waals surface area contributed by atoms with Crippen molar-refractivity contribution in [1.29, 1.82) is 0 Å². The second-order valence-corrected chi connectivity index (χ2v) is 5.70. The Balaban J connectivity index is 2.39. The first kappa shape index (κ1) is 12.6. The molecule has 88 valence electrons. The molecule has 2 N–H and O–H groups in total. The van der Waals surface area contributed by atoms with Crippen molar-refractivity contribution in [3.63, 3.8) is 0 Å². The van der Waals surface area contributed by atoms with Gasteiger partial charge < -0.3 is 5.73 Å². The number of hydrogen-bond acceptors (Lipinski definition) is 1. The van der Waals surface area contributed by atoms with Crippen molar-refractivity contribution in [2.45, 2.75) is 19.9 Å². The molecule has 0 aliphatic heterocycles. The van der Waals surface area contributed by atoms with Crippen molar-refractivity contribution in [1.82, 2.24) is 0 Å². The van der Waals surface area contributed by atoms with Gasteiger partial charge in [0.1, 0.15) is 0 Å². The van der Waals surface area contributed by atoms with Crippen molar-refractivity contribution < 1.29 is 0 Å². The van der Waals surface area contributed by atoms with Crippen molar-refractivity contribution in [2.75, 3.05) is 0 Å². The summed E-state index contributed by atoms with van der Waals surface area (Å²) in [5.74, 6) is 0. The lowest BCUT2D eigenvalue weighted by atomic mass is 9.96. The van der Waals surface area contributed by atoms with E-state index < -0.39 is 0 Å². The molecule has 0 saturated heterocycles. The van der Waals surface area contributed by atoms with Crippen LogP contribution in [-0.2, 0) is 0 Å². The Bertz CT molecular complexity index is 514. The van der Waals surface area contributed by atoms with Crippen LogP contribution in [0.5, 0.6) is 0 Å². The molecule has 0 fully saturated rings. The number of aryl methyl sites for hydroxylation is 2. The zero-order chi connectivity index (χ0) is 12.4. The fraction of sp³-hybridized carbons (Fsp3) is 0.200. The summed E-state index contributed by atoms with van der Waals surface area (Å²) in [6.07, 6.45) is 0. The van der Waals surface area contributed by atoms with Gasteiger partial charge in [-0.2, -0.15) is 0 Å². The summed E-state index contributed by atoms with van der Waals surface area (Å²) in [7, 11) is 0. The Hall–Kier alpha value is -0.870. The van der Waals surface area contributed by atoms with Crippen LogP contribution in [0.3, 0.4) is 0 Å². The van der Waals surface area contributed by atoms with Gasteiger partial charge in [0.15, 0.2) is 0 Å². The van der Waals surface area contributed by atoms with E-state index in [1.165, 1.54) is 25.8 Å². The summed E-state index contributed by atoms with van der Waals surface area (Å²) in [5.41, 5.74) is 11.2.